The Kier molecular flexibility index (Phi) is 3.28. The van der Waals surface area contributed by atoms with Gasteiger partial charge in [-0.05, 0) is 40.5 Å². The van der Waals surface area contributed by atoms with E-state index < -0.39 is 0 Å². The molecule has 0 bridgehead atoms. The quantitative estimate of drug-likeness (QED) is 0.834. The van der Waals surface area contributed by atoms with E-state index in [9.17, 15) is 5.11 Å². The van der Waals surface area contributed by atoms with Gasteiger partial charge in [-0.25, -0.2) is 9.97 Å². The van der Waals surface area contributed by atoms with E-state index >= 15 is 0 Å². The number of aryl methyl sites for hydroxylation is 1. The van der Waals surface area contributed by atoms with Crippen LogP contribution in [0.1, 0.15) is 16.8 Å². The molecule has 0 aliphatic heterocycles. The molecule has 0 amide bonds. The Labute approximate surface area is 108 Å². The number of rotatable bonds is 2. The van der Waals surface area contributed by atoms with Gasteiger partial charge in [0.25, 0.3) is 0 Å². The Bertz CT molecular complexity index is 517. The number of nitrogen functional groups attached to an aromatic ring is 1. The third-order valence-electron chi connectivity index (χ3n) is 2.50. The van der Waals surface area contributed by atoms with E-state index in [1.54, 1.807) is 12.1 Å². The van der Waals surface area contributed by atoms with Gasteiger partial charge in [0.2, 0.25) is 5.95 Å². The number of aromatic nitrogens is 2. The molecule has 0 saturated heterocycles. The molecule has 0 unspecified atom stereocenters. The van der Waals surface area contributed by atoms with E-state index in [-0.39, 0.29) is 11.7 Å². The SMILES string of the molecule is Cc1nc(N)nc(Br)c1Cc1ccc(O)cc1. The van der Waals surface area contributed by atoms with Gasteiger partial charge in [-0.2, -0.15) is 0 Å². The van der Waals surface area contributed by atoms with Crippen molar-refractivity contribution in [3.8, 4) is 5.75 Å². The van der Waals surface area contributed by atoms with Crippen LogP contribution in [0.4, 0.5) is 5.95 Å². The molecule has 0 atom stereocenters. The molecule has 0 spiro atoms. The number of aromatic hydroxyl groups is 1. The third kappa shape index (κ3) is 2.74. The average Bonchev–Trinajstić information content (AvgIpc) is 2.26. The maximum Gasteiger partial charge on any atom is 0.221 e. The second-order valence-electron chi connectivity index (χ2n) is 3.78. The van der Waals surface area contributed by atoms with E-state index in [1.165, 1.54) is 0 Å². The topological polar surface area (TPSA) is 72.0 Å². The van der Waals surface area contributed by atoms with Gasteiger partial charge in [-0.1, -0.05) is 12.1 Å². The molecule has 1 aromatic carbocycles. The Morgan fingerprint density at radius 3 is 2.47 bits per heavy atom. The molecule has 0 aliphatic carbocycles. The highest BCUT2D eigenvalue weighted by Gasteiger charge is 2.09. The summed E-state index contributed by atoms with van der Waals surface area (Å²) in [5, 5.41) is 9.22. The van der Waals surface area contributed by atoms with Gasteiger partial charge in [-0.3, -0.25) is 0 Å². The lowest BCUT2D eigenvalue weighted by Crippen LogP contribution is -2.03. The minimum atomic E-state index is 0.262. The summed E-state index contributed by atoms with van der Waals surface area (Å²) in [5.74, 6) is 0.530. The Balaban J connectivity index is 2.33. The number of nitrogens with zero attached hydrogens (tertiary/aromatic N) is 2. The van der Waals surface area contributed by atoms with Crippen molar-refractivity contribution in [2.75, 3.05) is 5.73 Å². The minimum Gasteiger partial charge on any atom is -0.508 e. The second kappa shape index (κ2) is 4.71. The van der Waals surface area contributed by atoms with E-state index in [0.717, 1.165) is 21.4 Å². The summed E-state index contributed by atoms with van der Waals surface area (Å²) in [6.45, 7) is 1.90. The van der Waals surface area contributed by atoms with Crippen molar-refractivity contribution >= 4 is 21.9 Å². The average molecular weight is 294 g/mol. The van der Waals surface area contributed by atoms with Crippen LogP contribution in [0.3, 0.4) is 0 Å². The molecule has 2 aromatic rings. The minimum absolute atomic E-state index is 0.262. The molecule has 0 saturated carbocycles. The van der Waals surface area contributed by atoms with Gasteiger partial charge in [0, 0.05) is 17.7 Å². The first-order valence-electron chi connectivity index (χ1n) is 5.12. The van der Waals surface area contributed by atoms with Crippen LogP contribution in [0.2, 0.25) is 0 Å². The fourth-order valence-electron chi connectivity index (χ4n) is 1.60. The molecule has 0 radical (unpaired) electrons. The van der Waals surface area contributed by atoms with Crippen LogP contribution in [0.5, 0.6) is 5.75 Å². The summed E-state index contributed by atoms with van der Waals surface area (Å²) in [6.07, 6.45) is 0.701. The number of nitrogens with two attached hydrogens (primary N) is 1. The smallest absolute Gasteiger partial charge is 0.221 e. The molecule has 0 aliphatic rings. The van der Waals surface area contributed by atoms with Gasteiger partial charge in [0.05, 0.1) is 0 Å². The molecule has 88 valence electrons. The first-order valence-corrected chi connectivity index (χ1v) is 5.92. The van der Waals surface area contributed by atoms with Gasteiger partial charge >= 0.3 is 0 Å². The number of phenols is 1. The van der Waals surface area contributed by atoms with Crippen molar-refractivity contribution in [2.45, 2.75) is 13.3 Å². The van der Waals surface area contributed by atoms with Crippen molar-refractivity contribution in [3.05, 3.63) is 45.7 Å². The van der Waals surface area contributed by atoms with E-state index in [4.69, 9.17) is 5.73 Å². The Hall–Kier alpha value is -1.62. The van der Waals surface area contributed by atoms with Crippen LogP contribution in [0.15, 0.2) is 28.9 Å². The first-order chi connectivity index (χ1) is 8.06. The molecule has 1 heterocycles. The molecule has 1 aromatic heterocycles. The Morgan fingerprint density at radius 1 is 1.24 bits per heavy atom. The van der Waals surface area contributed by atoms with Crippen LogP contribution >= 0.6 is 15.9 Å². The summed E-state index contributed by atoms with van der Waals surface area (Å²) in [7, 11) is 0. The zero-order valence-corrected chi connectivity index (χ0v) is 10.9. The Morgan fingerprint density at radius 2 is 1.88 bits per heavy atom. The number of anilines is 1. The summed E-state index contributed by atoms with van der Waals surface area (Å²) in [4.78, 5) is 8.22. The number of phenolic OH excluding ortho intramolecular Hbond substituents is 1. The highest BCUT2D eigenvalue weighted by molar-refractivity contribution is 9.10. The predicted octanol–water partition coefficient (Wildman–Crippen LogP) is 2.43. The van der Waals surface area contributed by atoms with E-state index in [1.807, 2.05) is 19.1 Å². The summed E-state index contributed by atoms with van der Waals surface area (Å²) in [5.41, 5.74) is 8.50. The summed E-state index contributed by atoms with van der Waals surface area (Å²) >= 11 is 3.39. The van der Waals surface area contributed by atoms with E-state index in [2.05, 4.69) is 25.9 Å². The molecule has 2 rings (SSSR count). The zero-order chi connectivity index (χ0) is 12.4. The maximum absolute atomic E-state index is 9.22. The highest BCUT2D eigenvalue weighted by atomic mass is 79.9. The van der Waals surface area contributed by atoms with Crippen LogP contribution in [-0.2, 0) is 6.42 Å². The first kappa shape index (κ1) is 11.9. The van der Waals surface area contributed by atoms with Crippen molar-refractivity contribution in [3.63, 3.8) is 0 Å². The monoisotopic (exact) mass is 293 g/mol. The van der Waals surface area contributed by atoms with Gasteiger partial charge in [0.15, 0.2) is 0 Å². The normalized spacial score (nSPS) is 10.5. The molecule has 4 nitrogen and oxygen atoms in total. The summed E-state index contributed by atoms with van der Waals surface area (Å²) < 4.78 is 0.718. The third-order valence-corrected chi connectivity index (χ3v) is 3.15. The molecule has 5 heteroatoms. The van der Waals surface area contributed by atoms with Crippen LogP contribution < -0.4 is 5.73 Å². The van der Waals surface area contributed by atoms with Crippen molar-refractivity contribution < 1.29 is 5.11 Å². The fourth-order valence-corrected chi connectivity index (χ4v) is 2.21. The van der Waals surface area contributed by atoms with Crippen LogP contribution in [-0.4, -0.2) is 15.1 Å². The molecule has 3 N–H and O–H groups in total. The number of halogens is 1. The maximum atomic E-state index is 9.22. The number of hydrogen-bond donors (Lipinski definition) is 2. The second-order valence-corrected chi connectivity index (χ2v) is 4.53. The molecular weight excluding hydrogens is 282 g/mol. The van der Waals surface area contributed by atoms with Crippen molar-refractivity contribution in [1.82, 2.24) is 9.97 Å². The van der Waals surface area contributed by atoms with Gasteiger partial charge < -0.3 is 10.8 Å². The molecule has 17 heavy (non-hydrogen) atoms. The largest absolute Gasteiger partial charge is 0.508 e. The standard InChI is InChI=1S/C12H12BrN3O/c1-7-10(11(13)16-12(14)15-7)6-8-2-4-9(17)5-3-8/h2-5,17H,6H2,1H3,(H2,14,15,16). The lowest BCUT2D eigenvalue weighted by molar-refractivity contribution is 0.475. The van der Waals surface area contributed by atoms with Crippen molar-refractivity contribution in [2.24, 2.45) is 0 Å². The lowest BCUT2D eigenvalue weighted by Gasteiger charge is -2.08. The lowest BCUT2D eigenvalue weighted by atomic mass is 10.1. The van der Waals surface area contributed by atoms with Gasteiger partial charge in [-0.15, -0.1) is 0 Å². The van der Waals surface area contributed by atoms with Crippen LogP contribution in [0, 0.1) is 6.92 Å². The number of hydrogen-bond acceptors (Lipinski definition) is 4. The van der Waals surface area contributed by atoms with Gasteiger partial charge in [0.1, 0.15) is 10.4 Å². The fraction of sp³-hybridized carbons (Fsp3) is 0.167. The molecule has 0 fully saturated rings. The number of benzene rings is 1. The summed E-state index contributed by atoms with van der Waals surface area (Å²) in [6, 6.07) is 7.07. The molecular formula is C12H12BrN3O. The highest BCUT2D eigenvalue weighted by Crippen LogP contribution is 2.22. The van der Waals surface area contributed by atoms with E-state index in [0.29, 0.717) is 6.42 Å². The van der Waals surface area contributed by atoms with Crippen LogP contribution in [0.25, 0.3) is 0 Å². The van der Waals surface area contributed by atoms with Crippen molar-refractivity contribution in [1.29, 1.82) is 0 Å². The predicted molar refractivity (Wildman–Crippen MR) is 69.8 cm³/mol. The zero-order valence-electron chi connectivity index (χ0n) is 9.31.